The minimum absolute atomic E-state index is 0.0625. The number of aliphatic hydroxyl groups is 1. The van der Waals surface area contributed by atoms with E-state index in [0.29, 0.717) is 16.3 Å². The normalized spacial score (nSPS) is 12.4. The molecule has 0 saturated heterocycles. The summed E-state index contributed by atoms with van der Waals surface area (Å²) in [6.07, 6.45) is -0.957. The average Bonchev–Trinajstić information content (AvgIpc) is 2.74. The molecule has 0 saturated carbocycles. The molecule has 1 aromatic heterocycles. The molecule has 0 aliphatic heterocycles. The molecule has 0 aliphatic carbocycles. The fourth-order valence-corrected chi connectivity index (χ4v) is 1.76. The predicted molar refractivity (Wildman–Crippen MR) is 66.1 cm³/mol. The van der Waals surface area contributed by atoms with Crippen LogP contribution in [0.2, 0.25) is 5.02 Å². The van der Waals surface area contributed by atoms with Gasteiger partial charge in [-0.3, -0.25) is 4.79 Å². The van der Waals surface area contributed by atoms with Gasteiger partial charge in [-0.25, -0.2) is 0 Å². The van der Waals surface area contributed by atoms with Crippen molar-refractivity contribution in [2.24, 2.45) is 5.73 Å². The highest BCUT2D eigenvalue weighted by Crippen LogP contribution is 2.29. The van der Waals surface area contributed by atoms with Crippen LogP contribution in [0.4, 0.5) is 0 Å². The highest BCUT2D eigenvalue weighted by atomic mass is 35.5. The molecular weight excluding hydrogens is 256 g/mol. The SMILES string of the molecule is CC(O)c1onc(-c2ccc(Cl)cc2)c1C(N)=O. The number of hydrogen-bond donors (Lipinski definition) is 2. The summed E-state index contributed by atoms with van der Waals surface area (Å²) in [4.78, 5) is 11.4. The van der Waals surface area contributed by atoms with Gasteiger partial charge in [0.05, 0.1) is 0 Å². The lowest BCUT2D eigenvalue weighted by Gasteiger charge is -2.02. The Morgan fingerprint density at radius 3 is 2.56 bits per heavy atom. The fraction of sp³-hybridized carbons (Fsp3) is 0.167. The maximum absolute atomic E-state index is 11.4. The lowest BCUT2D eigenvalue weighted by molar-refractivity contribution is 0.0987. The van der Waals surface area contributed by atoms with E-state index in [0.717, 1.165) is 0 Å². The Labute approximate surface area is 108 Å². The molecule has 3 N–H and O–H groups in total. The van der Waals surface area contributed by atoms with E-state index < -0.39 is 12.0 Å². The molecule has 1 aromatic carbocycles. The largest absolute Gasteiger partial charge is 0.385 e. The third kappa shape index (κ3) is 2.23. The minimum atomic E-state index is -0.957. The lowest BCUT2D eigenvalue weighted by atomic mass is 10.0. The third-order valence-electron chi connectivity index (χ3n) is 2.46. The van der Waals surface area contributed by atoms with E-state index in [2.05, 4.69) is 5.16 Å². The van der Waals surface area contributed by atoms with E-state index in [9.17, 15) is 9.90 Å². The summed E-state index contributed by atoms with van der Waals surface area (Å²) in [5.74, 6) is -0.635. The predicted octanol–water partition coefficient (Wildman–Crippen LogP) is 2.15. The zero-order chi connectivity index (χ0) is 13.3. The number of primary amides is 1. The molecule has 18 heavy (non-hydrogen) atoms. The smallest absolute Gasteiger partial charge is 0.254 e. The second kappa shape index (κ2) is 4.80. The van der Waals surface area contributed by atoms with Crippen LogP contribution in [-0.4, -0.2) is 16.2 Å². The summed E-state index contributed by atoms with van der Waals surface area (Å²) in [6, 6.07) is 6.72. The molecule has 2 aromatic rings. The van der Waals surface area contributed by atoms with Gasteiger partial charge in [-0.05, 0) is 19.1 Å². The van der Waals surface area contributed by atoms with Gasteiger partial charge in [0.1, 0.15) is 17.4 Å². The number of rotatable bonds is 3. The van der Waals surface area contributed by atoms with Crippen molar-refractivity contribution >= 4 is 17.5 Å². The van der Waals surface area contributed by atoms with Crippen molar-refractivity contribution in [3.63, 3.8) is 0 Å². The molecule has 0 spiro atoms. The topological polar surface area (TPSA) is 89.3 Å². The summed E-state index contributed by atoms with van der Waals surface area (Å²) in [7, 11) is 0. The van der Waals surface area contributed by atoms with Crippen LogP contribution < -0.4 is 5.73 Å². The molecule has 0 aliphatic rings. The summed E-state index contributed by atoms with van der Waals surface area (Å²) >= 11 is 5.78. The molecule has 2 rings (SSSR count). The van der Waals surface area contributed by atoms with Gasteiger partial charge in [0.25, 0.3) is 5.91 Å². The molecule has 0 fully saturated rings. The number of carbonyl (C=O) groups excluding carboxylic acids is 1. The Morgan fingerprint density at radius 2 is 2.06 bits per heavy atom. The Bertz CT molecular complexity index is 576. The first-order chi connectivity index (χ1) is 8.50. The molecule has 1 heterocycles. The monoisotopic (exact) mass is 266 g/mol. The maximum atomic E-state index is 11.4. The minimum Gasteiger partial charge on any atom is -0.385 e. The van der Waals surface area contributed by atoms with Crippen molar-refractivity contribution in [1.29, 1.82) is 0 Å². The van der Waals surface area contributed by atoms with Gasteiger partial charge in [-0.1, -0.05) is 28.9 Å². The Hall–Kier alpha value is -1.85. The third-order valence-corrected chi connectivity index (χ3v) is 2.71. The van der Waals surface area contributed by atoms with Gasteiger partial charge in [0.2, 0.25) is 0 Å². The van der Waals surface area contributed by atoms with Crippen molar-refractivity contribution in [3.8, 4) is 11.3 Å². The van der Waals surface area contributed by atoms with Crippen LogP contribution in [0.25, 0.3) is 11.3 Å². The van der Waals surface area contributed by atoms with Crippen LogP contribution in [0.3, 0.4) is 0 Å². The summed E-state index contributed by atoms with van der Waals surface area (Å²) < 4.78 is 4.97. The number of aromatic nitrogens is 1. The highest BCUT2D eigenvalue weighted by Gasteiger charge is 2.24. The standard InChI is InChI=1S/C12H11ClN2O3/c1-6(16)11-9(12(14)17)10(15-18-11)7-2-4-8(13)5-3-7/h2-6,16H,1H3,(H2,14,17). The van der Waals surface area contributed by atoms with Gasteiger partial charge in [0.15, 0.2) is 5.76 Å². The number of carbonyl (C=O) groups is 1. The van der Waals surface area contributed by atoms with E-state index in [1.807, 2.05) is 0 Å². The molecule has 1 amide bonds. The number of benzene rings is 1. The van der Waals surface area contributed by atoms with Crippen LogP contribution in [0, 0.1) is 0 Å². The number of nitrogens with zero attached hydrogens (tertiary/aromatic N) is 1. The molecule has 94 valence electrons. The Morgan fingerprint density at radius 1 is 1.44 bits per heavy atom. The van der Waals surface area contributed by atoms with Crippen LogP contribution >= 0.6 is 11.6 Å². The molecule has 0 bridgehead atoms. The molecule has 6 heteroatoms. The van der Waals surface area contributed by atoms with Crippen LogP contribution in [-0.2, 0) is 0 Å². The van der Waals surface area contributed by atoms with Crippen molar-refractivity contribution in [3.05, 3.63) is 40.6 Å². The van der Waals surface area contributed by atoms with Gasteiger partial charge in [0, 0.05) is 10.6 Å². The zero-order valence-electron chi connectivity index (χ0n) is 9.55. The lowest BCUT2D eigenvalue weighted by Crippen LogP contribution is -2.14. The van der Waals surface area contributed by atoms with E-state index in [1.54, 1.807) is 24.3 Å². The van der Waals surface area contributed by atoms with E-state index in [4.69, 9.17) is 21.9 Å². The highest BCUT2D eigenvalue weighted by molar-refractivity contribution is 6.30. The maximum Gasteiger partial charge on any atom is 0.254 e. The number of hydrogen-bond acceptors (Lipinski definition) is 4. The van der Waals surface area contributed by atoms with Crippen molar-refractivity contribution in [2.45, 2.75) is 13.0 Å². The number of nitrogens with two attached hydrogens (primary N) is 1. The van der Waals surface area contributed by atoms with E-state index >= 15 is 0 Å². The van der Waals surface area contributed by atoms with E-state index in [1.165, 1.54) is 6.92 Å². The molecule has 1 unspecified atom stereocenters. The van der Waals surface area contributed by atoms with Crippen LogP contribution in [0.15, 0.2) is 28.8 Å². The number of halogens is 1. The summed E-state index contributed by atoms with van der Waals surface area (Å²) in [6.45, 7) is 1.47. The second-order valence-corrected chi connectivity index (χ2v) is 4.25. The summed E-state index contributed by atoms with van der Waals surface area (Å²) in [5, 5.41) is 13.8. The first-order valence-electron chi connectivity index (χ1n) is 5.24. The van der Waals surface area contributed by atoms with Crippen molar-refractivity contribution < 1.29 is 14.4 Å². The first-order valence-corrected chi connectivity index (χ1v) is 5.62. The zero-order valence-corrected chi connectivity index (χ0v) is 10.3. The molecular formula is C12H11ClN2O3. The van der Waals surface area contributed by atoms with Crippen molar-refractivity contribution in [1.82, 2.24) is 5.16 Å². The Balaban J connectivity index is 2.58. The van der Waals surface area contributed by atoms with Crippen LogP contribution in [0.1, 0.15) is 29.1 Å². The van der Waals surface area contributed by atoms with Gasteiger partial charge < -0.3 is 15.4 Å². The van der Waals surface area contributed by atoms with Crippen molar-refractivity contribution in [2.75, 3.05) is 0 Å². The molecule has 0 radical (unpaired) electrons. The first kappa shape index (κ1) is 12.6. The quantitative estimate of drug-likeness (QED) is 0.891. The van der Waals surface area contributed by atoms with E-state index in [-0.39, 0.29) is 11.3 Å². The van der Waals surface area contributed by atoms with Gasteiger partial charge in [-0.2, -0.15) is 0 Å². The second-order valence-electron chi connectivity index (χ2n) is 3.82. The summed E-state index contributed by atoms with van der Waals surface area (Å²) in [5.41, 5.74) is 6.32. The Kier molecular flexibility index (Phi) is 3.36. The molecule has 5 nitrogen and oxygen atoms in total. The van der Waals surface area contributed by atoms with Gasteiger partial charge in [-0.15, -0.1) is 0 Å². The number of aliphatic hydroxyl groups excluding tert-OH is 1. The van der Waals surface area contributed by atoms with Crippen LogP contribution in [0.5, 0.6) is 0 Å². The van der Waals surface area contributed by atoms with Gasteiger partial charge >= 0.3 is 0 Å². The molecule has 1 atom stereocenters. The average molecular weight is 267 g/mol. The number of amides is 1. The fourth-order valence-electron chi connectivity index (χ4n) is 1.63.